The standard InChI is InChI=1S/C21H25N3O5/c1-5-29-21(28)16-13(3)24-18(17(16)15-8-6-12(2)7-9-15)19(26)20(27)23-11-10-22-14(4)25/h6-9,24H,5,10-11H2,1-4H3,(H,22,25)(H,23,27). The number of aromatic nitrogens is 1. The lowest BCUT2D eigenvalue weighted by atomic mass is 9.97. The van der Waals surface area contributed by atoms with E-state index in [9.17, 15) is 19.2 Å². The number of benzene rings is 1. The van der Waals surface area contributed by atoms with Crippen molar-refractivity contribution in [1.29, 1.82) is 0 Å². The van der Waals surface area contributed by atoms with Gasteiger partial charge in [0.25, 0.3) is 11.7 Å². The van der Waals surface area contributed by atoms with Gasteiger partial charge in [-0.2, -0.15) is 0 Å². The molecule has 0 aliphatic carbocycles. The third-order valence-electron chi connectivity index (χ3n) is 4.23. The van der Waals surface area contributed by atoms with Crippen LogP contribution in [0, 0.1) is 13.8 Å². The Kier molecular flexibility index (Phi) is 7.30. The van der Waals surface area contributed by atoms with Crippen LogP contribution in [0.4, 0.5) is 0 Å². The second-order valence-corrected chi connectivity index (χ2v) is 6.53. The molecule has 2 aromatic rings. The molecule has 1 aromatic carbocycles. The summed E-state index contributed by atoms with van der Waals surface area (Å²) in [6, 6.07) is 7.28. The first kappa shape index (κ1) is 21.9. The summed E-state index contributed by atoms with van der Waals surface area (Å²) in [7, 11) is 0. The van der Waals surface area contributed by atoms with Gasteiger partial charge in [-0.25, -0.2) is 4.79 Å². The van der Waals surface area contributed by atoms with Crippen LogP contribution in [0.2, 0.25) is 0 Å². The van der Waals surface area contributed by atoms with E-state index in [1.165, 1.54) is 6.92 Å². The molecule has 154 valence electrons. The van der Waals surface area contributed by atoms with E-state index in [0.717, 1.165) is 5.56 Å². The zero-order valence-corrected chi connectivity index (χ0v) is 17.0. The highest BCUT2D eigenvalue weighted by atomic mass is 16.5. The Labute approximate surface area is 169 Å². The Morgan fingerprint density at radius 3 is 2.21 bits per heavy atom. The number of amides is 2. The third kappa shape index (κ3) is 5.31. The number of aromatic amines is 1. The van der Waals surface area contributed by atoms with Gasteiger partial charge in [-0.1, -0.05) is 29.8 Å². The smallest absolute Gasteiger partial charge is 0.340 e. The average molecular weight is 399 g/mol. The summed E-state index contributed by atoms with van der Waals surface area (Å²) >= 11 is 0. The maximum Gasteiger partial charge on any atom is 0.340 e. The van der Waals surface area contributed by atoms with Crippen LogP contribution in [0.25, 0.3) is 11.1 Å². The Bertz CT molecular complexity index is 929. The number of H-pyrrole nitrogens is 1. The van der Waals surface area contributed by atoms with Gasteiger partial charge in [0, 0.05) is 31.3 Å². The molecule has 3 N–H and O–H groups in total. The highest BCUT2D eigenvalue weighted by Gasteiger charge is 2.29. The number of Topliss-reactive ketones (excluding diaryl/α,β-unsaturated/α-hetero) is 1. The van der Waals surface area contributed by atoms with Gasteiger partial charge in [0.2, 0.25) is 5.91 Å². The highest BCUT2D eigenvalue weighted by Crippen LogP contribution is 2.31. The van der Waals surface area contributed by atoms with Crippen molar-refractivity contribution in [2.24, 2.45) is 0 Å². The van der Waals surface area contributed by atoms with Crippen molar-refractivity contribution in [2.45, 2.75) is 27.7 Å². The molecule has 8 heteroatoms. The molecule has 0 fully saturated rings. The topological polar surface area (TPSA) is 117 Å². The molecule has 0 radical (unpaired) electrons. The van der Waals surface area contributed by atoms with Crippen molar-refractivity contribution >= 4 is 23.6 Å². The molecule has 0 atom stereocenters. The Morgan fingerprint density at radius 1 is 1.00 bits per heavy atom. The second-order valence-electron chi connectivity index (χ2n) is 6.53. The first-order valence-corrected chi connectivity index (χ1v) is 9.29. The number of carbonyl (C=O) groups excluding carboxylic acids is 4. The minimum absolute atomic E-state index is 0.0198. The zero-order valence-electron chi connectivity index (χ0n) is 17.0. The first-order valence-electron chi connectivity index (χ1n) is 9.29. The largest absolute Gasteiger partial charge is 0.462 e. The lowest BCUT2D eigenvalue weighted by Gasteiger charge is -2.09. The first-order chi connectivity index (χ1) is 13.8. The Morgan fingerprint density at radius 2 is 1.62 bits per heavy atom. The van der Waals surface area contributed by atoms with Crippen LogP contribution in [0.5, 0.6) is 0 Å². The van der Waals surface area contributed by atoms with E-state index in [1.54, 1.807) is 26.0 Å². The fraction of sp³-hybridized carbons (Fsp3) is 0.333. The number of aryl methyl sites for hydroxylation is 2. The van der Waals surface area contributed by atoms with Gasteiger partial charge >= 0.3 is 5.97 Å². The molecule has 0 aliphatic rings. The number of nitrogens with one attached hydrogen (secondary N) is 3. The highest BCUT2D eigenvalue weighted by molar-refractivity contribution is 6.43. The lowest BCUT2D eigenvalue weighted by Crippen LogP contribution is -2.37. The summed E-state index contributed by atoms with van der Waals surface area (Å²) in [6.45, 7) is 7.12. The van der Waals surface area contributed by atoms with Crippen LogP contribution in [0.15, 0.2) is 24.3 Å². The van der Waals surface area contributed by atoms with E-state index in [-0.39, 0.29) is 36.9 Å². The molecule has 8 nitrogen and oxygen atoms in total. The third-order valence-corrected chi connectivity index (χ3v) is 4.23. The second kappa shape index (κ2) is 9.68. The molecule has 0 aliphatic heterocycles. The predicted molar refractivity (Wildman–Crippen MR) is 108 cm³/mol. The van der Waals surface area contributed by atoms with E-state index >= 15 is 0 Å². The molecule has 1 heterocycles. The number of hydrogen-bond acceptors (Lipinski definition) is 5. The quantitative estimate of drug-likeness (QED) is 0.271. The van der Waals surface area contributed by atoms with Gasteiger partial charge in [0.1, 0.15) is 5.69 Å². The van der Waals surface area contributed by atoms with Crippen LogP contribution < -0.4 is 10.6 Å². The van der Waals surface area contributed by atoms with Crippen LogP contribution in [-0.4, -0.2) is 48.2 Å². The fourth-order valence-corrected chi connectivity index (χ4v) is 2.87. The minimum atomic E-state index is -0.833. The molecular weight excluding hydrogens is 374 g/mol. The molecule has 1 aromatic heterocycles. The Balaban J connectivity index is 2.40. The van der Waals surface area contributed by atoms with Gasteiger partial charge in [-0.15, -0.1) is 0 Å². The molecule has 2 amide bonds. The maximum atomic E-state index is 12.8. The normalized spacial score (nSPS) is 10.3. The van der Waals surface area contributed by atoms with Gasteiger partial charge < -0.3 is 20.4 Å². The number of carbonyl (C=O) groups is 4. The number of hydrogen-bond donors (Lipinski definition) is 3. The van der Waals surface area contributed by atoms with E-state index in [4.69, 9.17) is 4.74 Å². The van der Waals surface area contributed by atoms with Gasteiger partial charge in [0.05, 0.1) is 12.2 Å². The molecule has 0 saturated carbocycles. The van der Waals surface area contributed by atoms with Crippen molar-refractivity contribution in [1.82, 2.24) is 15.6 Å². The van der Waals surface area contributed by atoms with E-state index in [2.05, 4.69) is 15.6 Å². The zero-order chi connectivity index (χ0) is 21.6. The predicted octanol–water partition coefficient (Wildman–Crippen LogP) is 1.91. The van der Waals surface area contributed by atoms with Gasteiger partial charge in [0.15, 0.2) is 0 Å². The maximum absolute atomic E-state index is 12.8. The molecule has 0 saturated heterocycles. The van der Waals surface area contributed by atoms with Crippen molar-refractivity contribution in [3.8, 4) is 11.1 Å². The minimum Gasteiger partial charge on any atom is -0.462 e. The Hall–Kier alpha value is -3.42. The molecular formula is C21H25N3O5. The van der Waals surface area contributed by atoms with E-state index in [0.29, 0.717) is 16.8 Å². The lowest BCUT2D eigenvalue weighted by molar-refractivity contribution is -0.119. The average Bonchev–Trinajstić information content (AvgIpc) is 3.02. The molecule has 2 rings (SSSR count). The van der Waals surface area contributed by atoms with Crippen LogP contribution >= 0.6 is 0 Å². The SMILES string of the molecule is CCOC(=O)c1c(C)[nH]c(C(=O)C(=O)NCCNC(C)=O)c1-c1ccc(C)cc1. The van der Waals surface area contributed by atoms with E-state index < -0.39 is 17.7 Å². The summed E-state index contributed by atoms with van der Waals surface area (Å²) in [4.78, 5) is 51.4. The van der Waals surface area contributed by atoms with Crippen molar-refractivity contribution in [2.75, 3.05) is 19.7 Å². The number of esters is 1. The van der Waals surface area contributed by atoms with Crippen LogP contribution in [0.3, 0.4) is 0 Å². The summed E-state index contributed by atoms with van der Waals surface area (Å²) in [5.41, 5.74) is 2.66. The van der Waals surface area contributed by atoms with Crippen molar-refractivity contribution in [3.05, 3.63) is 46.8 Å². The fourth-order valence-electron chi connectivity index (χ4n) is 2.87. The van der Waals surface area contributed by atoms with E-state index in [1.807, 2.05) is 19.1 Å². The molecule has 0 bridgehead atoms. The summed E-state index contributed by atoms with van der Waals surface area (Å²) < 4.78 is 5.14. The summed E-state index contributed by atoms with van der Waals surface area (Å²) in [5, 5.41) is 5.00. The molecule has 0 spiro atoms. The van der Waals surface area contributed by atoms with Gasteiger partial charge in [-0.05, 0) is 26.3 Å². The monoisotopic (exact) mass is 399 g/mol. The van der Waals surface area contributed by atoms with Crippen LogP contribution in [-0.2, 0) is 14.3 Å². The van der Waals surface area contributed by atoms with Crippen LogP contribution in [0.1, 0.15) is 46.0 Å². The molecule has 0 unspecified atom stereocenters. The van der Waals surface area contributed by atoms with Crippen molar-refractivity contribution < 1.29 is 23.9 Å². The summed E-state index contributed by atoms with van der Waals surface area (Å²) in [5.74, 6) is -2.43. The number of ketones is 1. The summed E-state index contributed by atoms with van der Waals surface area (Å²) in [6.07, 6.45) is 0. The number of ether oxygens (including phenoxy) is 1. The van der Waals surface area contributed by atoms with Crippen molar-refractivity contribution in [3.63, 3.8) is 0 Å². The number of rotatable bonds is 8. The molecule has 29 heavy (non-hydrogen) atoms. The van der Waals surface area contributed by atoms with Gasteiger partial charge in [-0.3, -0.25) is 14.4 Å².